The van der Waals surface area contributed by atoms with Crippen molar-refractivity contribution < 1.29 is 38.8 Å². The van der Waals surface area contributed by atoms with Crippen LogP contribution in [0.5, 0.6) is 17.2 Å². The summed E-state index contributed by atoms with van der Waals surface area (Å²) in [6, 6.07) is 0. The van der Waals surface area contributed by atoms with Gasteiger partial charge in [0.05, 0.1) is 29.9 Å². The fraction of sp³-hybridized carbons (Fsp3) is 0.389. The third-order valence-electron chi connectivity index (χ3n) is 4.50. The summed E-state index contributed by atoms with van der Waals surface area (Å²) in [4.78, 5) is 36.3. The van der Waals surface area contributed by atoms with Gasteiger partial charge in [-0.2, -0.15) is 0 Å². The van der Waals surface area contributed by atoms with Crippen molar-refractivity contribution in [2.24, 2.45) is 0 Å². The molecule has 0 radical (unpaired) electrons. The van der Waals surface area contributed by atoms with Gasteiger partial charge in [0.25, 0.3) is 0 Å². The van der Waals surface area contributed by atoms with Crippen LogP contribution in [0.4, 0.5) is 0 Å². The molecule has 0 fully saturated rings. The van der Waals surface area contributed by atoms with Crippen LogP contribution in [-0.4, -0.2) is 47.9 Å². The zero-order chi connectivity index (χ0) is 19.2. The zero-order valence-corrected chi connectivity index (χ0v) is 14.5. The molecular formula is C18H18O8. The number of benzene rings is 1. The number of phenolic OH excluding ortho intramolecular Hbond substituents is 2. The van der Waals surface area contributed by atoms with Gasteiger partial charge in [-0.15, -0.1) is 0 Å². The molecule has 138 valence electrons. The molecule has 8 heteroatoms. The molecular weight excluding hydrogens is 344 g/mol. The Morgan fingerprint density at radius 3 is 2.50 bits per heavy atom. The maximum atomic E-state index is 12.5. The van der Waals surface area contributed by atoms with Crippen LogP contribution in [0.25, 0.3) is 0 Å². The molecule has 0 saturated carbocycles. The highest BCUT2D eigenvalue weighted by Gasteiger charge is 2.41. The van der Waals surface area contributed by atoms with Gasteiger partial charge in [-0.25, -0.2) is 0 Å². The van der Waals surface area contributed by atoms with Crippen molar-refractivity contribution in [2.75, 3.05) is 14.2 Å². The Labute approximate surface area is 149 Å². The lowest BCUT2D eigenvalue weighted by Gasteiger charge is -2.33. The minimum absolute atomic E-state index is 0.0761. The van der Waals surface area contributed by atoms with Crippen LogP contribution in [0, 0.1) is 0 Å². The van der Waals surface area contributed by atoms with Gasteiger partial charge in [0.1, 0.15) is 17.6 Å². The summed E-state index contributed by atoms with van der Waals surface area (Å²) < 4.78 is 15.9. The van der Waals surface area contributed by atoms with Crippen molar-refractivity contribution in [2.45, 2.75) is 32.0 Å². The Morgan fingerprint density at radius 1 is 1.23 bits per heavy atom. The minimum atomic E-state index is -0.746. The molecule has 2 N–H and O–H groups in total. The molecule has 1 aliphatic heterocycles. The van der Waals surface area contributed by atoms with Crippen molar-refractivity contribution >= 4 is 17.3 Å². The van der Waals surface area contributed by atoms with E-state index < -0.39 is 35.3 Å². The predicted octanol–water partition coefficient (Wildman–Crippen LogP) is 1.82. The topological polar surface area (TPSA) is 119 Å². The fourth-order valence-electron chi connectivity index (χ4n) is 3.36. The lowest BCUT2D eigenvalue weighted by Crippen LogP contribution is -2.30. The molecule has 2 atom stereocenters. The van der Waals surface area contributed by atoms with Crippen molar-refractivity contribution in [3.63, 3.8) is 0 Å². The van der Waals surface area contributed by atoms with E-state index in [1.54, 1.807) is 0 Å². The van der Waals surface area contributed by atoms with Crippen LogP contribution >= 0.6 is 0 Å². The molecule has 0 bridgehead atoms. The minimum Gasteiger partial charge on any atom is -0.507 e. The Hall–Kier alpha value is -2.87. The molecule has 0 unspecified atom stereocenters. The first-order valence-corrected chi connectivity index (χ1v) is 7.95. The molecule has 0 amide bonds. The van der Waals surface area contributed by atoms with Crippen molar-refractivity contribution in [1.29, 1.82) is 0 Å². The first-order valence-electron chi connectivity index (χ1n) is 7.95. The Kier molecular flexibility index (Phi) is 4.45. The fourth-order valence-corrected chi connectivity index (χ4v) is 3.36. The van der Waals surface area contributed by atoms with Crippen LogP contribution in [0.1, 0.15) is 52.1 Å². The summed E-state index contributed by atoms with van der Waals surface area (Å²) in [6.07, 6.45) is -0.0292. The van der Waals surface area contributed by atoms with Gasteiger partial charge in [-0.3, -0.25) is 14.4 Å². The van der Waals surface area contributed by atoms with Gasteiger partial charge >= 0.3 is 0 Å². The summed E-state index contributed by atoms with van der Waals surface area (Å²) in [5.74, 6) is -3.02. The van der Waals surface area contributed by atoms with E-state index in [1.807, 2.05) is 0 Å². The number of hydrogen-bond acceptors (Lipinski definition) is 8. The number of ketones is 3. The highest BCUT2D eigenvalue weighted by atomic mass is 16.5. The van der Waals surface area contributed by atoms with Gasteiger partial charge in [-0.05, 0) is 6.92 Å². The summed E-state index contributed by atoms with van der Waals surface area (Å²) in [7, 11) is 2.62. The maximum Gasteiger partial charge on any atom is 0.232 e. The average Bonchev–Trinajstić information content (AvgIpc) is 2.59. The number of phenols is 2. The van der Waals surface area contributed by atoms with Crippen molar-refractivity contribution in [1.82, 2.24) is 0 Å². The number of aromatic hydroxyl groups is 2. The molecule has 3 rings (SSSR count). The maximum absolute atomic E-state index is 12.5. The predicted molar refractivity (Wildman–Crippen MR) is 87.6 cm³/mol. The second-order valence-electron chi connectivity index (χ2n) is 6.20. The van der Waals surface area contributed by atoms with Crippen LogP contribution < -0.4 is 4.74 Å². The highest BCUT2D eigenvalue weighted by molar-refractivity contribution is 6.26. The number of allylic oxidation sites excluding steroid dienone is 2. The molecule has 0 spiro atoms. The Bertz CT molecular complexity index is 851. The van der Waals surface area contributed by atoms with E-state index in [0.29, 0.717) is 0 Å². The number of Topliss-reactive ketones (excluding diaryl/α,β-unsaturated/α-hetero) is 2. The van der Waals surface area contributed by atoms with Gasteiger partial charge in [-0.1, -0.05) is 0 Å². The van der Waals surface area contributed by atoms with Crippen molar-refractivity contribution in [3.8, 4) is 17.2 Å². The van der Waals surface area contributed by atoms with E-state index in [-0.39, 0.29) is 46.8 Å². The molecule has 26 heavy (non-hydrogen) atoms. The molecule has 1 aliphatic carbocycles. The molecule has 2 aliphatic rings. The van der Waals surface area contributed by atoms with Crippen molar-refractivity contribution in [3.05, 3.63) is 28.5 Å². The number of rotatable bonds is 4. The number of ether oxygens (including phenoxy) is 3. The standard InChI is InChI=1S/C18H18O8/c1-7(19)4-8-5-10(24-2)13-16(22)12-9(20)6-11(25-3)15(21)14(12)17(23)18(13)26-8/h6,8,10,22-23H,4-5H2,1-3H3/t8-,10-/m0/s1. The third-order valence-corrected chi connectivity index (χ3v) is 4.50. The van der Waals surface area contributed by atoms with Crippen LogP contribution in [0.3, 0.4) is 0 Å². The Morgan fingerprint density at radius 2 is 1.92 bits per heavy atom. The smallest absolute Gasteiger partial charge is 0.232 e. The van der Waals surface area contributed by atoms with Crippen LogP contribution in [0.2, 0.25) is 0 Å². The molecule has 0 saturated heterocycles. The van der Waals surface area contributed by atoms with Gasteiger partial charge < -0.3 is 24.4 Å². The second-order valence-corrected chi connectivity index (χ2v) is 6.20. The lowest BCUT2D eigenvalue weighted by atomic mass is 9.85. The first-order chi connectivity index (χ1) is 12.3. The van der Waals surface area contributed by atoms with E-state index in [1.165, 1.54) is 21.1 Å². The second kappa shape index (κ2) is 6.45. The highest BCUT2D eigenvalue weighted by Crippen LogP contribution is 2.52. The summed E-state index contributed by atoms with van der Waals surface area (Å²) >= 11 is 0. The van der Waals surface area contributed by atoms with Crippen LogP contribution in [-0.2, 0) is 14.3 Å². The number of methoxy groups -OCH3 is 2. The number of hydrogen-bond donors (Lipinski definition) is 2. The van der Waals surface area contributed by atoms with Crippen LogP contribution in [0.15, 0.2) is 11.8 Å². The Balaban J connectivity index is 2.23. The van der Waals surface area contributed by atoms with E-state index in [9.17, 15) is 24.6 Å². The zero-order valence-electron chi connectivity index (χ0n) is 14.5. The van der Waals surface area contributed by atoms with Gasteiger partial charge in [0, 0.05) is 26.0 Å². The molecule has 1 aromatic rings. The SMILES string of the molecule is COC1=CC(=O)c2c(O)c3c(c(O)c2C1=O)O[C@@H](CC(C)=O)C[C@@H]3OC. The normalized spacial score (nSPS) is 21.4. The van der Waals surface area contributed by atoms with E-state index in [0.717, 1.165) is 6.08 Å². The first kappa shape index (κ1) is 17.9. The molecule has 0 aromatic heterocycles. The quantitative estimate of drug-likeness (QED) is 0.779. The lowest BCUT2D eigenvalue weighted by molar-refractivity contribution is -0.119. The molecule has 1 heterocycles. The van der Waals surface area contributed by atoms with E-state index >= 15 is 0 Å². The number of carbonyl (C=O) groups is 3. The third kappa shape index (κ3) is 2.62. The molecule has 8 nitrogen and oxygen atoms in total. The summed E-state index contributed by atoms with van der Waals surface area (Å²) in [5.41, 5.74) is -0.620. The molecule has 1 aromatic carbocycles. The van der Waals surface area contributed by atoms with E-state index in [4.69, 9.17) is 14.2 Å². The number of carbonyl (C=O) groups excluding carboxylic acids is 3. The van der Waals surface area contributed by atoms with E-state index in [2.05, 4.69) is 0 Å². The summed E-state index contributed by atoms with van der Waals surface area (Å²) in [5, 5.41) is 21.3. The van der Waals surface area contributed by atoms with Gasteiger partial charge in [0.2, 0.25) is 5.78 Å². The summed E-state index contributed by atoms with van der Waals surface area (Å²) in [6.45, 7) is 1.41. The monoisotopic (exact) mass is 362 g/mol. The largest absolute Gasteiger partial charge is 0.507 e. The average molecular weight is 362 g/mol. The number of fused-ring (bicyclic) bond motifs is 2. The van der Waals surface area contributed by atoms with Gasteiger partial charge in [0.15, 0.2) is 23.0 Å².